The first-order valence-corrected chi connectivity index (χ1v) is 9.08. The number of hydrogen-bond donors (Lipinski definition) is 2. The van der Waals surface area contributed by atoms with Gasteiger partial charge in [-0.3, -0.25) is 4.99 Å². The van der Waals surface area contributed by atoms with E-state index in [1.54, 1.807) is 0 Å². The zero-order valence-electron chi connectivity index (χ0n) is 15.9. The minimum Gasteiger partial charge on any atom is -0.492 e. The van der Waals surface area contributed by atoms with Crippen molar-refractivity contribution in [1.82, 2.24) is 15.5 Å². The summed E-state index contributed by atoms with van der Waals surface area (Å²) in [5.41, 5.74) is 1.16. The van der Waals surface area contributed by atoms with Crippen LogP contribution in [0, 0.1) is 5.92 Å². The van der Waals surface area contributed by atoms with Crippen LogP contribution in [-0.2, 0) is 6.54 Å². The summed E-state index contributed by atoms with van der Waals surface area (Å²) in [6.07, 6.45) is 1.23. The first kappa shape index (κ1) is 22.0. The number of rotatable bonds is 9. The smallest absolute Gasteiger partial charge is 0.191 e. The Kier molecular flexibility index (Phi) is 10.2. The Labute approximate surface area is 169 Å². The van der Waals surface area contributed by atoms with Gasteiger partial charge in [-0.15, -0.1) is 24.0 Å². The molecule has 1 aliphatic carbocycles. The number of nitrogens with zero attached hydrogens (tertiary/aromatic N) is 2. The SMILES string of the molecule is CCN(CC)CCOc1ccccc1CNC(=NC)NC1CC1C.I. The van der Waals surface area contributed by atoms with Crippen molar-refractivity contribution in [2.24, 2.45) is 10.9 Å². The molecule has 0 bridgehead atoms. The first-order chi connectivity index (χ1) is 11.7. The molecule has 2 rings (SSSR count). The van der Waals surface area contributed by atoms with Gasteiger partial charge in [0.2, 0.25) is 0 Å². The molecule has 0 amide bonds. The lowest BCUT2D eigenvalue weighted by Gasteiger charge is -2.19. The van der Waals surface area contributed by atoms with Gasteiger partial charge in [0.05, 0.1) is 0 Å². The third-order valence-corrected chi connectivity index (χ3v) is 4.63. The molecule has 6 heteroatoms. The molecule has 0 aliphatic heterocycles. The van der Waals surface area contributed by atoms with Crippen LogP contribution in [-0.4, -0.2) is 50.2 Å². The highest BCUT2D eigenvalue weighted by molar-refractivity contribution is 14.0. The van der Waals surface area contributed by atoms with Gasteiger partial charge in [-0.25, -0.2) is 0 Å². The Morgan fingerprint density at radius 3 is 2.56 bits per heavy atom. The molecule has 0 heterocycles. The van der Waals surface area contributed by atoms with Gasteiger partial charge in [0, 0.05) is 31.7 Å². The third kappa shape index (κ3) is 7.40. The summed E-state index contributed by atoms with van der Waals surface area (Å²) in [7, 11) is 1.81. The van der Waals surface area contributed by atoms with E-state index in [2.05, 4.69) is 47.4 Å². The minimum atomic E-state index is 0. The van der Waals surface area contributed by atoms with Crippen LogP contribution in [0.5, 0.6) is 5.75 Å². The predicted octanol–water partition coefficient (Wildman–Crippen LogP) is 3.10. The summed E-state index contributed by atoms with van der Waals surface area (Å²) < 4.78 is 6.01. The molecule has 0 aromatic heterocycles. The molecule has 0 spiro atoms. The number of aliphatic imine (C=N–C) groups is 1. The van der Waals surface area contributed by atoms with Crippen LogP contribution in [0.3, 0.4) is 0 Å². The topological polar surface area (TPSA) is 48.9 Å². The Morgan fingerprint density at radius 2 is 1.96 bits per heavy atom. The lowest BCUT2D eigenvalue weighted by molar-refractivity contribution is 0.221. The van der Waals surface area contributed by atoms with Crippen molar-refractivity contribution in [1.29, 1.82) is 0 Å². The number of guanidine groups is 1. The predicted molar refractivity (Wildman–Crippen MR) is 116 cm³/mol. The molecule has 0 saturated heterocycles. The zero-order valence-corrected chi connectivity index (χ0v) is 18.2. The maximum atomic E-state index is 6.01. The quantitative estimate of drug-likeness (QED) is 0.338. The van der Waals surface area contributed by atoms with Crippen LogP contribution in [0.4, 0.5) is 0 Å². The van der Waals surface area contributed by atoms with Gasteiger partial charge in [0.25, 0.3) is 0 Å². The van der Waals surface area contributed by atoms with E-state index in [1.807, 2.05) is 25.2 Å². The van der Waals surface area contributed by atoms with Crippen LogP contribution >= 0.6 is 24.0 Å². The average Bonchev–Trinajstić information content (AvgIpc) is 3.31. The van der Waals surface area contributed by atoms with Crippen molar-refractivity contribution in [3.63, 3.8) is 0 Å². The van der Waals surface area contributed by atoms with E-state index in [4.69, 9.17) is 4.74 Å². The van der Waals surface area contributed by atoms with E-state index in [0.29, 0.717) is 19.2 Å². The molecule has 2 unspecified atom stereocenters. The molecule has 1 aromatic rings. The Hall–Kier alpha value is -1.02. The van der Waals surface area contributed by atoms with Crippen LogP contribution in [0.1, 0.15) is 32.8 Å². The number of nitrogens with one attached hydrogen (secondary N) is 2. The summed E-state index contributed by atoms with van der Waals surface area (Å²) in [5.74, 6) is 2.56. The van der Waals surface area contributed by atoms with Gasteiger partial charge in [-0.05, 0) is 31.5 Å². The monoisotopic (exact) mass is 460 g/mol. The molecule has 142 valence electrons. The van der Waals surface area contributed by atoms with Crippen LogP contribution in [0.25, 0.3) is 0 Å². The lowest BCUT2D eigenvalue weighted by Crippen LogP contribution is -2.38. The fourth-order valence-electron chi connectivity index (χ4n) is 2.69. The van der Waals surface area contributed by atoms with Crippen molar-refractivity contribution < 1.29 is 4.74 Å². The van der Waals surface area contributed by atoms with Crippen molar-refractivity contribution >= 4 is 29.9 Å². The van der Waals surface area contributed by atoms with E-state index in [0.717, 1.165) is 42.8 Å². The van der Waals surface area contributed by atoms with E-state index in [-0.39, 0.29) is 24.0 Å². The van der Waals surface area contributed by atoms with E-state index in [1.165, 1.54) is 6.42 Å². The number of hydrogen-bond acceptors (Lipinski definition) is 3. The first-order valence-electron chi connectivity index (χ1n) is 9.08. The largest absolute Gasteiger partial charge is 0.492 e. The van der Waals surface area contributed by atoms with E-state index in [9.17, 15) is 0 Å². The number of ether oxygens (including phenoxy) is 1. The summed E-state index contributed by atoms with van der Waals surface area (Å²) in [4.78, 5) is 6.67. The van der Waals surface area contributed by atoms with Gasteiger partial charge in [0.1, 0.15) is 12.4 Å². The molecule has 2 atom stereocenters. The second-order valence-electron chi connectivity index (χ2n) is 6.37. The fraction of sp³-hybridized carbons (Fsp3) is 0.632. The van der Waals surface area contributed by atoms with Gasteiger partial charge in [-0.2, -0.15) is 0 Å². The summed E-state index contributed by atoms with van der Waals surface area (Å²) >= 11 is 0. The van der Waals surface area contributed by atoms with Gasteiger partial charge >= 0.3 is 0 Å². The molecule has 1 aliphatic rings. The Morgan fingerprint density at radius 1 is 1.28 bits per heavy atom. The zero-order chi connectivity index (χ0) is 17.4. The molecular formula is C19H33IN4O. The summed E-state index contributed by atoms with van der Waals surface area (Å²) in [5, 5.41) is 6.83. The maximum absolute atomic E-state index is 6.01. The number of likely N-dealkylation sites (N-methyl/N-ethyl adjacent to an activating group) is 1. The van der Waals surface area contributed by atoms with Gasteiger partial charge < -0.3 is 20.3 Å². The molecule has 1 aromatic carbocycles. The molecule has 5 nitrogen and oxygen atoms in total. The average molecular weight is 460 g/mol. The highest BCUT2D eigenvalue weighted by atomic mass is 127. The standard InChI is InChI=1S/C19H32N4O.HI/c1-5-23(6-2)11-12-24-18-10-8-7-9-16(18)14-21-19(20-4)22-17-13-15(17)3;/h7-10,15,17H,5-6,11-14H2,1-4H3,(H2,20,21,22);1H. The van der Waals surface area contributed by atoms with Crippen LogP contribution < -0.4 is 15.4 Å². The second-order valence-corrected chi connectivity index (χ2v) is 6.37. The number of halogens is 1. The van der Waals surface area contributed by atoms with Crippen molar-refractivity contribution in [3.8, 4) is 5.75 Å². The maximum Gasteiger partial charge on any atom is 0.191 e. The van der Waals surface area contributed by atoms with E-state index < -0.39 is 0 Å². The molecule has 1 saturated carbocycles. The minimum absolute atomic E-state index is 0. The fourth-order valence-corrected chi connectivity index (χ4v) is 2.69. The Bertz CT molecular complexity index is 534. The molecule has 2 N–H and O–H groups in total. The van der Waals surface area contributed by atoms with E-state index >= 15 is 0 Å². The van der Waals surface area contributed by atoms with Crippen LogP contribution in [0.2, 0.25) is 0 Å². The summed E-state index contributed by atoms with van der Waals surface area (Å²) in [6.45, 7) is 11.1. The highest BCUT2D eigenvalue weighted by Gasteiger charge is 2.33. The van der Waals surface area contributed by atoms with Crippen molar-refractivity contribution in [2.45, 2.75) is 39.8 Å². The lowest BCUT2D eigenvalue weighted by atomic mass is 10.2. The van der Waals surface area contributed by atoms with Gasteiger partial charge in [-0.1, -0.05) is 39.0 Å². The summed E-state index contributed by atoms with van der Waals surface area (Å²) in [6, 6.07) is 8.78. The number of benzene rings is 1. The normalized spacial score (nSPS) is 19.3. The molecular weight excluding hydrogens is 427 g/mol. The molecule has 0 radical (unpaired) electrons. The second kappa shape index (κ2) is 11.6. The Balaban J connectivity index is 0.00000312. The van der Waals surface area contributed by atoms with Crippen molar-refractivity contribution in [2.75, 3.05) is 33.3 Å². The van der Waals surface area contributed by atoms with Crippen molar-refractivity contribution in [3.05, 3.63) is 29.8 Å². The van der Waals surface area contributed by atoms with Crippen LogP contribution in [0.15, 0.2) is 29.3 Å². The highest BCUT2D eigenvalue weighted by Crippen LogP contribution is 2.28. The number of para-hydroxylation sites is 1. The van der Waals surface area contributed by atoms with Gasteiger partial charge in [0.15, 0.2) is 5.96 Å². The molecule has 1 fully saturated rings. The third-order valence-electron chi connectivity index (χ3n) is 4.63. The molecule has 25 heavy (non-hydrogen) atoms.